The van der Waals surface area contributed by atoms with Crippen LogP contribution in [0.4, 0.5) is 11.4 Å². The summed E-state index contributed by atoms with van der Waals surface area (Å²) in [4.78, 5) is 12.7. The smallest absolute Gasteiger partial charge is 0.245 e. The largest absolute Gasteiger partial charge is 0.494 e. The number of carbonyl (C=O) groups excluding carboxylic acids is 1. The van der Waals surface area contributed by atoms with Crippen molar-refractivity contribution < 1.29 is 22.7 Å². The summed E-state index contributed by atoms with van der Waals surface area (Å²) < 4.78 is 37.4. The summed E-state index contributed by atoms with van der Waals surface area (Å²) in [6.45, 7) is 1.95. The molecule has 3 rings (SSSR count). The fourth-order valence-electron chi connectivity index (χ4n) is 2.91. The third-order valence-corrected chi connectivity index (χ3v) is 5.35. The first-order valence-corrected chi connectivity index (χ1v) is 11.5. The SMILES string of the molecule is CCOc1cccc(NC(=O)CN(c2ccccc2Oc2ccccc2)S(C)(=O)=O)c1. The number of anilines is 2. The molecule has 0 aliphatic carbocycles. The number of hydrogen-bond acceptors (Lipinski definition) is 5. The molecule has 0 fully saturated rings. The molecule has 0 spiro atoms. The predicted molar refractivity (Wildman–Crippen MR) is 121 cm³/mol. The molecule has 0 saturated heterocycles. The number of sulfonamides is 1. The number of nitrogens with zero attached hydrogens (tertiary/aromatic N) is 1. The van der Waals surface area contributed by atoms with E-state index in [-0.39, 0.29) is 5.69 Å². The molecule has 0 aliphatic heterocycles. The third-order valence-electron chi connectivity index (χ3n) is 4.22. The van der Waals surface area contributed by atoms with Crippen molar-refractivity contribution in [2.45, 2.75) is 6.92 Å². The number of ether oxygens (including phenoxy) is 2. The Morgan fingerprint density at radius 3 is 2.32 bits per heavy atom. The predicted octanol–water partition coefficient (Wildman–Crippen LogP) is 4.28. The van der Waals surface area contributed by atoms with Crippen molar-refractivity contribution in [3.05, 3.63) is 78.9 Å². The molecule has 0 bridgehead atoms. The van der Waals surface area contributed by atoms with E-state index in [0.717, 1.165) is 10.6 Å². The van der Waals surface area contributed by atoms with Crippen molar-refractivity contribution in [2.24, 2.45) is 0 Å². The standard InChI is InChI=1S/C23H24N2O5S/c1-3-29-20-13-9-10-18(16-20)24-23(26)17-25(31(2,27)28)21-14-7-8-15-22(21)30-19-11-5-4-6-12-19/h4-16H,3,17H2,1-2H3,(H,24,26). The molecule has 31 heavy (non-hydrogen) atoms. The minimum absolute atomic E-state index is 0.270. The Hall–Kier alpha value is -3.52. The lowest BCUT2D eigenvalue weighted by Crippen LogP contribution is -2.37. The maximum atomic E-state index is 12.7. The van der Waals surface area contributed by atoms with Gasteiger partial charge in [-0.3, -0.25) is 9.10 Å². The van der Waals surface area contributed by atoms with Crippen molar-refractivity contribution in [3.8, 4) is 17.2 Å². The minimum Gasteiger partial charge on any atom is -0.494 e. The monoisotopic (exact) mass is 440 g/mol. The van der Waals surface area contributed by atoms with Crippen molar-refractivity contribution in [2.75, 3.05) is 29.0 Å². The highest BCUT2D eigenvalue weighted by atomic mass is 32.2. The maximum absolute atomic E-state index is 12.7. The number of nitrogens with one attached hydrogen (secondary N) is 1. The summed E-state index contributed by atoms with van der Waals surface area (Å²) >= 11 is 0. The Bertz CT molecular complexity index is 1130. The van der Waals surface area contributed by atoms with Gasteiger partial charge in [-0.1, -0.05) is 36.4 Å². The van der Waals surface area contributed by atoms with E-state index in [2.05, 4.69) is 5.32 Å². The third kappa shape index (κ3) is 6.23. The topological polar surface area (TPSA) is 84.9 Å². The molecular weight excluding hydrogens is 416 g/mol. The number of hydrogen-bond donors (Lipinski definition) is 1. The minimum atomic E-state index is -3.77. The van der Waals surface area contributed by atoms with Crippen LogP contribution < -0.4 is 19.1 Å². The molecule has 0 heterocycles. The van der Waals surface area contributed by atoms with Crippen molar-refractivity contribution in [3.63, 3.8) is 0 Å². The highest BCUT2D eigenvalue weighted by Gasteiger charge is 2.24. The average molecular weight is 441 g/mol. The Balaban J connectivity index is 1.83. The van der Waals surface area contributed by atoms with Gasteiger partial charge in [0.15, 0.2) is 5.75 Å². The number of benzene rings is 3. The van der Waals surface area contributed by atoms with Crippen molar-refractivity contribution >= 4 is 27.3 Å². The molecule has 0 saturated carbocycles. The molecule has 0 aromatic heterocycles. The van der Waals surface area contributed by atoms with Gasteiger partial charge in [-0.05, 0) is 43.3 Å². The first-order valence-electron chi connectivity index (χ1n) is 9.69. The molecule has 7 nitrogen and oxygen atoms in total. The first kappa shape index (κ1) is 22.2. The normalized spacial score (nSPS) is 10.9. The summed E-state index contributed by atoms with van der Waals surface area (Å²) in [7, 11) is -3.77. The number of para-hydroxylation sites is 3. The van der Waals surface area contributed by atoms with Gasteiger partial charge in [-0.2, -0.15) is 0 Å². The van der Waals surface area contributed by atoms with Crippen LogP contribution in [0.25, 0.3) is 0 Å². The van der Waals surface area contributed by atoms with Gasteiger partial charge in [0, 0.05) is 11.8 Å². The number of rotatable bonds is 9. The molecule has 1 N–H and O–H groups in total. The van der Waals surface area contributed by atoms with Crippen LogP contribution in [0.15, 0.2) is 78.9 Å². The second-order valence-electron chi connectivity index (χ2n) is 6.66. The molecule has 3 aromatic carbocycles. The molecule has 0 aliphatic rings. The molecule has 8 heteroatoms. The first-order chi connectivity index (χ1) is 14.9. The van der Waals surface area contributed by atoms with Gasteiger partial charge in [-0.25, -0.2) is 8.42 Å². The number of carbonyl (C=O) groups is 1. The molecule has 1 amide bonds. The van der Waals surface area contributed by atoms with E-state index in [1.54, 1.807) is 60.7 Å². The number of amides is 1. The van der Waals surface area contributed by atoms with Crippen molar-refractivity contribution in [1.29, 1.82) is 0 Å². The van der Waals surface area contributed by atoms with Crippen LogP contribution in [0.2, 0.25) is 0 Å². The fraction of sp³-hybridized carbons (Fsp3) is 0.174. The van der Waals surface area contributed by atoms with E-state index >= 15 is 0 Å². The van der Waals surface area contributed by atoms with Crippen LogP contribution in [-0.2, 0) is 14.8 Å². The average Bonchev–Trinajstić information content (AvgIpc) is 2.73. The lowest BCUT2D eigenvalue weighted by molar-refractivity contribution is -0.114. The highest BCUT2D eigenvalue weighted by molar-refractivity contribution is 7.92. The van der Waals surface area contributed by atoms with Crippen LogP contribution in [0.5, 0.6) is 17.2 Å². The Morgan fingerprint density at radius 2 is 1.61 bits per heavy atom. The van der Waals surface area contributed by atoms with E-state index in [9.17, 15) is 13.2 Å². The zero-order valence-electron chi connectivity index (χ0n) is 17.3. The molecule has 3 aromatic rings. The van der Waals surface area contributed by atoms with Crippen LogP contribution in [0.3, 0.4) is 0 Å². The summed E-state index contributed by atoms with van der Waals surface area (Å²) in [5, 5.41) is 2.72. The summed E-state index contributed by atoms with van der Waals surface area (Å²) in [6.07, 6.45) is 1.05. The van der Waals surface area contributed by atoms with E-state index in [1.165, 1.54) is 0 Å². The molecule has 0 atom stereocenters. The van der Waals surface area contributed by atoms with Gasteiger partial charge >= 0.3 is 0 Å². The zero-order valence-corrected chi connectivity index (χ0v) is 18.1. The summed E-state index contributed by atoms with van der Waals surface area (Å²) in [6, 6.07) is 22.6. The quantitative estimate of drug-likeness (QED) is 0.537. The fourth-order valence-corrected chi connectivity index (χ4v) is 3.77. The Morgan fingerprint density at radius 1 is 0.935 bits per heavy atom. The lowest BCUT2D eigenvalue weighted by Gasteiger charge is -2.24. The van der Waals surface area contributed by atoms with E-state index in [0.29, 0.717) is 29.5 Å². The van der Waals surface area contributed by atoms with E-state index < -0.39 is 22.5 Å². The second-order valence-corrected chi connectivity index (χ2v) is 8.57. The lowest BCUT2D eigenvalue weighted by atomic mass is 10.2. The maximum Gasteiger partial charge on any atom is 0.245 e. The van der Waals surface area contributed by atoms with Crippen LogP contribution in [0, 0.1) is 0 Å². The van der Waals surface area contributed by atoms with Gasteiger partial charge in [0.05, 0.1) is 18.6 Å². The van der Waals surface area contributed by atoms with Crippen LogP contribution in [-0.4, -0.2) is 33.7 Å². The zero-order chi connectivity index (χ0) is 22.3. The molecule has 0 unspecified atom stereocenters. The van der Waals surface area contributed by atoms with Crippen LogP contribution in [0.1, 0.15) is 6.92 Å². The van der Waals surface area contributed by atoms with Gasteiger partial charge < -0.3 is 14.8 Å². The highest BCUT2D eigenvalue weighted by Crippen LogP contribution is 2.33. The van der Waals surface area contributed by atoms with Crippen molar-refractivity contribution in [1.82, 2.24) is 0 Å². The van der Waals surface area contributed by atoms with Crippen LogP contribution >= 0.6 is 0 Å². The van der Waals surface area contributed by atoms with Gasteiger partial charge in [0.2, 0.25) is 15.9 Å². The summed E-state index contributed by atoms with van der Waals surface area (Å²) in [5.41, 5.74) is 0.783. The van der Waals surface area contributed by atoms with Gasteiger partial charge in [0.25, 0.3) is 0 Å². The molecular formula is C23H24N2O5S. The summed E-state index contributed by atoms with van der Waals surface area (Å²) in [5.74, 6) is 1.00. The molecule has 0 radical (unpaired) electrons. The Kier molecular flexibility index (Phi) is 7.15. The molecule has 162 valence electrons. The van der Waals surface area contributed by atoms with Gasteiger partial charge in [-0.15, -0.1) is 0 Å². The Labute approximate surface area is 182 Å². The van der Waals surface area contributed by atoms with E-state index in [4.69, 9.17) is 9.47 Å². The second kappa shape index (κ2) is 9.99. The van der Waals surface area contributed by atoms with E-state index in [1.807, 2.05) is 25.1 Å². The van der Waals surface area contributed by atoms with Gasteiger partial charge in [0.1, 0.15) is 18.0 Å².